The average molecular weight is 271 g/mol. The molecule has 0 unspecified atom stereocenters. The highest BCUT2D eigenvalue weighted by Crippen LogP contribution is 2.31. The van der Waals surface area contributed by atoms with Gasteiger partial charge in [-0.25, -0.2) is 0 Å². The Bertz CT molecular complexity index is 754. The highest BCUT2D eigenvalue weighted by atomic mass is 32.1. The van der Waals surface area contributed by atoms with Crippen LogP contribution < -0.4 is 4.74 Å². The zero-order valence-corrected chi connectivity index (χ0v) is 11.5. The van der Waals surface area contributed by atoms with Crippen LogP contribution in [-0.2, 0) is 0 Å². The van der Waals surface area contributed by atoms with E-state index in [4.69, 9.17) is 4.74 Å². The van der Waals surface area contributed by atoms with Crippen LogP contribution in [0, 0.1) is 6.92 Å². The summed E-state index contributed by atoms with van der Waals surface area (Å²) in [5, 5.41) is 0.848. The van der Waals surface area contributed by atoms with Crippen molar-refractivity contribution in [1.29, 1.82) is 0 Å². The minimum atomic E-state index is 0.0360. The molecule has 0 atom stereocenters. The van der Waals surface area contributed by atoms with E-state index in [-0.39, 0.29) is 5.78 Å². The molecule has 19 heavy (non-hydrogen) atoms. The molecule has 0 fully saturated rings. The third kappa shape index (κ3) is 1.94. The lowest BCUT2D eigenvalue weighted by molar-refractivity contribution is 0.104. The lowest BCUT2D eigenvalue weighted by atomic mass is 10.1. The second kappa shape index (κ2) is 4.55. The first-order chi connectivity index (χ1) is 9.20. The number of H-pyrrole nitrogens is 1. The number of aromatic amines is 1. The summed E-state index contributed by atoms with van der Waals surface area (Å²) in [7, 11) is 1.62. The topological polar surface area (TPSA) is 42.1 Å². The van der Waals surface area contributed by atoms with Crippen LogP contribution in [0.3, 0.4) is 0 Å². The Balaban J connectivity index is 2.18. The zero-order chi connectivity index (χ0) is 13.4. The van der Waals surface area contributed by atoms with E-state index >= 15 is 0 Å². The largest absolute Gasteiger partial charge is 0.496 e. The predicted molar refractivity (Wildman–Crippen MR) is 77.3 cm³/mol. The summed E-state index contributed by atoms with van der Waals surface area (Å²) in [6.07, 6.45) is 1.75. The van der Waals surface area contributed by atoms with Crippen molar-refractivity contribution in [3.05, 3.63) is 51.8 Å². The molecule has 1 N–H and O–H groups in total. The summed E-state index contributed by atoms with van der Waals surface area (Å²) in [4.78, 5) is 17.6. The van der Waals surface area contributed by atoms with Crippen molar-refractivity contribution >= 4 is 28.0 Å². The van der Waals surface area contributed by atoms with Gasteiger partial charge in [0.05, 0.1) is 22.9 Å². The van der Waals surface area contributed by atoms with Gasteiger partial charge in [-0.05, 0) is 31.2 Å². The van der Waals surface area contributed by atoms with Crippen molar-refractivity contribution in [3.63, 3.8) is 0 Å². The lowest BCUT2D eigenvalue weighted by Crippen LogP contribution is -1.98. The molecule has 0 radical (unpaired) electrons. The van der Waals surface area contributed by atoms with Gasteiger partial charge < -0.3 is 9.72 Å². The van der Waals surface area contributed by atoms with Gasteiger partial charge in [0, 0.05) is 16.6 Å². The quantitative estimate of drug-likeness (QED) is 0.737. The molecule has 0 saturated carbocycles. The van der Waals surface area contributed by atoms with Crippen molar-refractivity contribution in [2.75, 3.05) is 7.11 Å². The number of fused-ring (bicyclic) bond motifs is 1. The molecule has 3 rings (SSSR count). The molecular weight excluding hydrogens is 258 g/mol. The Labute approximate surface area is 114 Å². The number of hydrogen-bond acceptors (Lipinski definition) is 3. The molecule has 0 saturated heterocycles. The summed E-state index contributed by atoms with van der Waals surface area (Å²) in [5.41, 5.74) is 1.57. The smallest absolute Gasteiger partial charge is 0.205 e. The SMILES string of the molecule is COc1cccc2[nH]cc(C(=O)c3ccc(C)s3)c12. The van der Waals surface area contributed by atoms with Crippen LogP contribution in [-0.4, -0.2) is 17.9 Å². The number of aryl methyl sites for hydroxylation is 1. The van der Waals surface area contributed by atoms with Crippen LogP contribution in [0.2, 0.25) is 0 Å². The average Bonchev–Trinajstić information content (AvgIpc) is 3.03. The number of carbonyl (C=O) groups excluding carboxylic acids is 1. The Morgan fingerprint density at radius 2 is 2.11 bits per heavy atom. The molecule has 3 nitrogen and oxygen atoms in total. The molecule has 96 valence electrons. The Kier molecular flexibility index (Phi) is 2.87. The highest BCUT2D eigenvalue weighted by molar-refractivity contribution is 7.14. The number of ketones is 1. The molecule has 0 aliphatic rings. The molecule has 2 heterocycles. The van der Waals surface area contributed by atoms with Crippen molar-refractivity contribution in [1.82, 2.24) is 4.98 Å². The van der Waals surface area contributed by atoms with Crippen molar-refractivity contribution in [2.45, 2.75) is 6.92 Å². The summed E-state index contributed by atoms with van der Waals surface area (Å²) in [5.74, 6) is 0.754. The summed E-state index contributed by atoms with van der Waals surface area (Å²) in [6, 6.07) is 9.54. The van der Waals surface area contributed by atoms with Crippen LogP contribution in [0.15, 0.2) is 36.5 Å². The molecule has 4 heteroatoms. The molecule has 3 aromatic rings. The van der Waals surface area contributed by atoms with Crippen molar-refractivity contribution in [3.8, 4) is 5.75 Å². The van der Waals surface area contributed by atoms with Crippen molar-refractivity contribution in [2.24, 2.45) is 0 Å². The number of carbonyl (C=O) groups is 1. The van der Waals surface area contributed by atoms with Crippen LogP contribution in [0.4, 0.5) is 0 Å². The fourth-order valence-corrected chi connectivity index (χ4v) is 3.01. The van der Waals surface area contributed by atoms with Crippen LogP contribution in [0.5, 0.6) is 5.75 Å². The minimum absolute atomic E-state index is 0.0360. The predicted octanol–water partition coefficient (Wildman–Crippen LogP) is 3.78. The maximum absolute atomic E-state index is 12.5. The molecule has 0 aliphatic heterocycles. The van der Waals surface area contributed by atoms with Gasteiger partial charge in [0.2, 0.25) is 5.78 Å². The molecular formula is C15H13NO2S. The highest BCUT2D eigenvalue weighted by Gasteiger charge is 2.18. The molecule has 0 bridgehead atoms. The molecule has 2 aromatic heterocycles. The second-order valence-corrected chi connectivity index (χ2v) is 5.61. The van der Waals surface area contributed by atoms with E-state index in [1.54, 1.807) is 13.3 Å². The van der Waals surface area contributed by atoms with E-state index in [1.807, 2.05) is 37.3 Å². The Morgan fingerprint density at radius 3 is 2.79 bits per heavy atom. The number of aromatic nitrogens is 1. The number of thiophene rings is 1. The van der Waals surface area contributed by atoms with Gasteiger partial charge >= 0.3 is 0 Å². The first kappa shape index (κ1) is 12.0. The third-order valence-corrected chi connectivity index (χ3v) is 4.10. The standard InChI is InChI=1S/C15H13NO2S/c1-9-6-7-13(19-9)15(17)10-8-16-11-4-3-5-12(18-2)14(10)11/h3-8,16H,1-2H3. The number of nitrogens with one attached hydrogen (secondary N) is 1. The van der Waals surface area contributed by atoms with Crippen LogP contribution >= 0.6 is 11.3 Å². The molecule has 0 aliphatic carbocycles. The van der Waals surface area contributed by atoms with E-state index < -0.39 is 0 Å². The maximum atomic E-state index is 12.5. The first-order valence-electron chi connectivity index (χ1n) is 5.96. The van der Waals surface area contributed by atoms with E-state index in [9.17, 15) is 4.79 Å². The fraction of sp³-hybridized carbons (Fsp3) is 0.133. The summed E-state index contributed by atoms with van der Waals surface area (Å²) >= 11 is 1.51. The van der Waals surface area contributed by atoms with Crippen molar-refractivity contribution < 1.29 is 9.53 Å². The van der Waals surface area contributed by atoms with Gasteiger partial charge in [-0.15, -0.1) is 11.3 Å². The Hall–Kier alpha value is -2.07. The monoisotopic (exact) mass is 271 g/mol. The van der Waals surface area contributed by atoms with E-state index in [1.165, 1.54) is 11.3 Å². The van der Waals surface area contributed by atoms with Gasteiger partial charge in [0.25, 0.3) is 0 Å². The molecule has 0 amide bonds. The zero-order valence-electron chi connectivity index (χ0n) is 10.7. The van der Waals surface area contributed by atoms with E-state index in [0.717, 1.165) is 26.4 Å². The van der Waals surface area contributed by atoms with Gasteiger partial charge in [-0.2, -0.15) is 0 Å². The van der Waals surface area contributed by atoms with Gasteiger partial charge in [-0.1, -0.05) is 6.07 Å². The number of methoxy groups -OCH3 is 1. The minimum Gasteiger partial charge on any atom is -0.496 e. The normalized spacial score (nSPS) is 10.8. The lowest BCUT2D eigenvalue weighted by Gasteiger charge is -2.03. The Morgan fingerprint density at radius 1 is 1.26 bits per heavy atom. The second-order valence-electron chi connectivity index (χ2n) is 4.32. The third-order valence-electron chi connectivity index (χ3n) is 3.10. The fourth-order valence-electron chi connectivity index (χ4n) is 2.19. The van der Waals surface area contributed by atoms with E-state index in [0.29, 0.717) is 5.56 Å². The van der Waals surface area contributed by atoms with Crippen LogP contribution in [0.1, 0.15) is 20.1 Å². The summed E-state index contributed by atoms with van der Waals surface area (Å²) in [6.45, 7) is 2.00. The molecule has 1 aromatic carbocycles. The van der Waals surface area contributed by atoms with Gasteiger partial charge in [0.15, 0.2) is 0 Å². The van der Waals surface area contributed by atoms with Crippen LogP contribution in [0.25, 0.3) is 10.9 Å². The number of rotatable bonds is 3. The number of hydrogen-bond donors (Lipinski definition) is 1. The van der Waals surface area contributed by atoms with Gasteiger partial charge in [0.1, 0.15) is 5.75 Å². The number of ether oxygens (including phenoxy) is 1. The van der Waals surface area contributed by atoms with Gasteiger partial charge in [-0.3, -0.25) is 4.79 Å². The molecule has 0 spiro atoms. The van der Waals surface area contributed by atoms with E-state index in [2.05, 4.69) is 4.98 Å². The first-order valence-corrected chi connectivity index (χ1v) is 6.77. The maximum Gasteiger partial charge on any atom is 0.205 e. The summed E-state index contributed by atoms with van der Waals surface area (Å²) < 4.78 is 5.35. The number of benzene rings is 1.